The molecule has 1 N–H and O–H groups in total. The zero-order valence-corrected chi connectivity index (χ0v) is 19.7. The Morgan fingerprint density at radius 1 is 1.06 bits per heavy atom. The van der Waals surface area contributed by atoms with Crippen molar-refractivity contribution in [2.24, 2.45) is 5.10 Å². The molecule has 0 aliphatic heterocycles. The van der Waals surface area contributed by atoms with Crippen molar-refractivity contribution in [3.05, 3.63) is 70.7 Å². The summed E-state index contributed by atoms with van der Waals surface area (Å²) >= 11 is 3.61. The summed E-state index contributed by atoms with van der Waals surface area (Å²) in [6, 6.07) is 20.0. The lowest BCUT2D eigenvalue weighted by molar-refractivity contribution is -0.128. The Morgan fingerprint density at radius 3 is 2.45 bits per heavy atom. The first-order valence-corrected chi connectivity index (χ1v) is 11.4. The van der Waals surface area contributed by atoms with Crippen molar-refractivity contribution in [2.75, 3.05) is 18.0 Å². The van der Waals surface area contributed by atoms with Crippen molar-refractivity contribution in [1.82, 2.24) is 5.43 Å². The molecule has 0 bridgehead atoms. The van der Waals surface area contributed by atoms with Crippen molar-refractivity contribution in [3.63, 3.8) is 0 Å². The number of rotatable bonds is 9. The van der Waals surface area contributed by atoms with E-state index in [0.717, 1.165) is 33.9 Å². The van der Waals surface area contributed by atoms with Crippen molar-refractivity contribution in [2.45, 2.75) is 33.3 Å². The maximum absolute atomic E-state index is 12.6. The highest BCUT2D eigenvalue weighted by molar-refractivity contribution is 9.10. The highest BCUT2D eigenvalue weighted by atomic mass is 79.9. The molecule has 1 atom stereocenters. The number of hydrazone groups is 1. The van der Waals surface area contributed by atoms with E-state index in [9.17, 15) is 4.79 Å². The summed E-state index contributed by atoms with van der Waals surface area (Å²) in [5.74, 6) is 0.357. The molecule has 0 aromatic heterocycles. The summed E-state index contributed by atoms with van der Waals surface area (Å²) in [6.45, 7) is 8.11. The molecular formula is C25H28BrN3O2. The van der Waals surface area contributed by atoms with E-state index >= 15 is 0 Å². The van der Waals surface area contributed by atoms with Crippen LogP contribution in [0.3, 0.4) is 0 Å². The van der Waals surface area contributed by atoms with E-state index in [0.29, 0.717) is 12.2 Å². The lowest BCUT2D eigenvalue weighted by Gasteiger charge is -2.20. The lowest BCUT2D eigenvalue weighted by atomic mass is 10.1. The van der Waals surface area contributed by atoms with Crippen LogP contribution in [0.15, 0.2) is 70.2 Å². The number of halogens is 1. The van der Waals surface area contributed by atoms with E-state index in [1.807, 2.05) is 55.5 Å². The third-order valence-electron chi connectivity index (χ3n) is 5.17. The number of nitrogens with one attached hydrogen (secondary N) is 1. The molecule has 3 rings (SSSR count). The fraction of sp³-hybridized carbons (Fsp3) is 0.280. The van der Waals surface area contributed by atoms with Gasteiger partial charge < -0.3 is 9.64 Å². The van der Waals surface area contributed by atoms with Crippen molar-refractivity contribution < 1.29 is 9.53 Å². The molecule has 0 aliphatic carbocycles. The number of benzene rings is 3. The zero-order chi connectivity index (χ0) is 22.2. The Hall–Kier alpha value is -2.86. The molecule has 1 amide bonds. The second kappa shape index (κ2) is 11.0. The summed E-state index contributed by atoms with van der Waals surface area (Å²) in [6.07, 6.45) is 1.53. The van der Waals surface area contributed by atoms with Gasteiger partial charge in [-0.2, -0.15) is 5.10 Å². The van der Waals surface area contributed by atoms with Crippen LogP contribution in [0.4, 0.5) is 5.69 Å². The second-order valence-electron chi connectivity index (χ2n) is 7.11. The Labute approximate surface area is 192 Å². The number of carbonyl (C=O) groups is 1. The monoisotopic (exact) mass is 481 g/mol. The molecule has 6 heteroatoms. The quantitative estimate of drug-likeness (QED) is 0.312. The van der Waals surface area contributed by atoms with Gasteiger partial charge in [0.1, 0.15) is 5.75 Å². The molecule has 162 valence electrons. The highest BCUT2D eigenvalue weighted by Gasteiger charge is 2.19. The predicted molar refractivity (Wildman–Crippen MR) is 132 cm³/mol. The number of nitrogens with zero attached hydrogens (tertiary/aromatic N) is 2. The van der Waals surface area contributed by atoms with Gasteiger partial charge in [-0.1, -0.05) is 49.4 Å². The van der Waals surface area contributed by atoms with Gasteiger partial charge in [-0.25, -0.2) is 5.43 Å². The van der Waals surface area contributed by atoms with Crippen LogP contribution in [0.5, 0.6) is 5.75 Å². The average Bonchev–Trinajstić information content (AvgIpc) is 2.80. The fourth-order valence-electron chi connectivity index (χ4n) is 3.38. The van der Waals surface area contributed by atoms with E-state index in [1.54, 1.807) is 6.21 Å². The SMILES string of the molecule is CC[C@H](Oc1ccc2ccccc2c1Br)C(=O)N/N=C\c1ccc(N(CC)CC)cc1. The van der Waals surface area contributed by atoms with Crippen LogP contribution in [0.25, 0.3) is 10.8 Å². The molecule has 0 saturated heterocycles. The number of fused-ring (bicyclic) bond motifs is 1. The van der Waals surface area contributed by atoms with Gasteiger partial charge in [-0.15, -0.1) is 0 Å². The van der Waals surface area contributed by atoms with Gasteiger partial charge in [0.15, 0.2) is 6.10 Å². The molecule has 0 spiro atoms. The Bertz CT molecular complexity index is 1050. The molecule has 3 aromatic carbocycles. The topological polar surface area (TPSA) is 53.9 Å². The highest BCUT2D eigenvalue weighted by Crippen LogP contribution is 2.33. The summed E-state index contributed by atoms with van der Waals surface area (Å²) in [5, 5.41) is 6.26. The van der Waals surface area contributed by atoms with Crippen molar-refractivity contribution >= 4 is 44.5 Å². The van der Waals surface area contributed by atoms with Crippen LogP contribution in [-0.2, 0) is 4.79 Å². The van der Waals surface area contributed by atoms with E-state index < -0.39 is 6.10 Å². The summed E-state index contributed by atoms with van der Waals surface area (Å²) in [5.41, 5.74) is 4.69. The molecule has 3 aromatic rings. The summed E-state index contributed by atoms with van der Waals surface area (Å²) in [7, 11) is 0. The normalized spacial score (nSPS) is 12.1. The minimum atomic E-state index is -0.639. The number of carbonyl (C=O) groups excluding carboxylic acids is 1. The van der Waals surface area contributed by atoms with Gasteiger partial charge in [0, 0.05) is 18.8 Å². The van der Waals surface area contributed by atoms with Gasteiger partial charge in [0.25, 0.3) is 5.91 Å². The molecule has 5 nitrogen and oxygen atoms in total. The first-order valence-electron chi connectivity index (χ1n) is 10.6. The van der Waals surface area contributed by atoms with Crippen LogP contribution in [-0.4, -0.2) is 31.3 Å². The van der Waals surface area contributed by atoms with Gasteiger partial charge in [-0.3, -0.25) is 4.79 Å². The molecule has 31 heavy (non-hydrogen) atoms. The minimum Gasteiger partial charge on any atom is -0.479 e. The van der Waals surface area contributed by atoms with Crippen LogP contribution in [0, 0.1) is 0 Å². The first kappa shape index (κ1) is 22.8. The number of hydrogen-bond donors (Lipinski definition) is 1. The molecule has 0 fully saturated rings. The third-order valence-corrected chi connectivity index (χ3v) is 5.99. The summed E-state index contributed by atoms with van der Waals surface area (Å²) in [4.78, 5) is 14.9. The fourth-order valence-corrected chi connectivity index (χ4v) is 3.97. The maximum Gasteiger partial charge on any atom is 0.281 e. The Balaban J connectivity index is 1.63. The zero-order valence-electron chi connectivity index (χ0n) is 18.1. The van der Waals surface area contributed by atoms with E-state index in [-0.39, 0.29) is 5.91 Å². The molecule has 0 radical (unpaired) electrons. The van der Waals surface area contributed by atoms with Gasteiger partial charge >= 0.3 is 0 Å². The predicted octanol–water partition coefficient (Wildman–Crippen LogP) is 5.76. The standard InChI is InChI=1S/C25H28BrN3O2/c1-4-22(31-23-16-13-19-9-7-8-10-21(19)24(23)26)25(30)28-27-17-18-11-14-20(15-12-18)29(5-2)6-3/h7-17,22H,4-6H2,1-3H3,(H,28,30)/b27-17-/t22-/m0/s1. The van der Waals surface area contributed by atoms with Gasteiger partial charge in [0.2, 0.25) is 0 Å². The molecule has 0 saturated carbocycles. The maximum atomic E-state index is 12.6. The summed E-state index contributed by atoms with van der Waals surface area (Å²) < 4.78 is 6.84. The Morgan fingerprint density at radius 2 is 1.77 bits per heavy atom. The van der Waals surface area contributed by atoms with Crippen molar-refractivity contribution in [1.29, 1.82) is 0 Å². The number of anilines is 1. The number of hydrogen-bond acceptors (Lipinski definition) is 4. The molecular weight excluding hydrogens is 454 g/mol. The second-order valence-corrected chi connectivity index (χ2v) is 7.90. The number of amides is 1. The largest absolute Gasteiger partial charge is 0.479 e. The van der Waals surface area contributed by atoms with Crippen LogP contribution in [0.1, 0.15) is 32.8 Å². The first-order chi connectivity index (χ1) is 15.1. The van der Waals surface area contributed by atoms with Crippen LogP contribution < -0.4 is 15.1 Å². The van der Waals surface area contributed by atoms with E-state index in [2.05, 4.69) is 57.3 Å². The van der Waals surface area contributed by atoms with Gasteiger partial charge in [-0.05, 0) is 70.7 Å². The number of ether oxygens (including phenoxy) is 1. The molecule has 0 unspecified atom stereocenters. The van der Waals surface area contributed by atoms with Crippen molar-refractivity contribution in [3.8, 4) is 5.75 Å². The lowest BCUT2D eigenvalue weighted by Crippen LogP contribution is -2.35. The van der Waals surface area contributed by atoms with Crippen LogP contribution in [0.2, 0.25) is 0 Å². The van der Waals surface area contributed by atoms with E-state index in [1.165, 1.54) is 5.69 Å². The average molecular weight is 482 g/mol. The molecule has 0 aliphatic rings. The van der Waals surface area contributed by atoms with Gasteiger partial charge in [0.05, 0.1) is 10.7 Å². The Kier molecular flexibility index (Phi) is 8.06. The third kappa shape index (κ3) is 5.64. The smallest absolute Gasteiger partial charge is 0.281 e. The van der Waals surface area contributed by atoms with Crippen LogP contribution >= 0.6 is 15.9 Å². The minimum absolute atomic E-state index is 0.279. The van der Waals surface area contributed by atoms with E-state index in [4.69, 9.17) is 4.74 Å². The molecule has 0 heterocycles.